The molecule has 1 unspecified atom stereocenters. The van der Waals surface area contributed by atoms with Crippen LogP contribution in [0.4, 0.5) is 5.82 Å². The summed E-state index contributed by atoms with van der Waals surface area (Å²) in [6, 6.07) is 1.80. The Morgan fingerprint density at radius 3 is 2.65 bits per heavy atom. The van der Waals surface area contributed by atoms with Gasteiger partial charge in [-0.05, 0) is 25.2 Å². The fraction of sp³-hybridized carbons (Fsp3) is 0.692. The van der Waals surface area contributed by atoms with Gasteiger partial charge >= 0.3 is 0 Å². The molecule has 1 aromatic heterocycles. The van der Waals surface area contributed by atoms with E-state index < -0.39 is 0 Å². The molecule has 1 saturated carbocycles. The second-order valence-corrected chi connectivity index (χ2v) is 6.02. The number of aromatic amines is 1. The molecule has 4 nitrogen and oxygen atoms in total. The monoisotopic (exact) mass is 235 g/mol. The summed E-state index contributed by atoms with van der Waals surface area (Å²) in [5.41, 5.74) is 0.0785. The second kappa shape index (κ2) is 4.17. The highest BCUT2D eigenvalue weighted by atomic mass is 16.1. The Hall–Kier alpha value is -1.32. The van der Waals surface area contributed by atoms with Crippen molar-refractivity contribution in [3.63, 3.8) is 0 Å². The highest BCUT2D eigenvalue weighted by molar-refractivity contribution is 5.35. The number of hydrogen-bond acceptors (Lipinski definition) is 3. The van der Waals surface area contributed by atoms with Gasteiger partial charge in [0.25, 0.3) is 5.56 Å². The third kappa shape index (κ3) is 3.08. The number of rotatable bonds is 3. The molecule has 1 aliphatic rings. The van der Waals surface area contributed by atoms with Gasteiger partial charge < -0.3 is 10.3 Å². The number of aromatic nitrogens is 2. The largest absolute Gasteiger partial charge is 0.367 e. The van der Waals surface area contributed by atoms with Crippen LogP contribution in [-0.4, -0.2) is 16.0 Å². The number of nitrogens with one attached hydrogen (secondary N) is 2. The molecule has 0 aromatic carbocycles. The summed E-state index contributed by atoms with van der Waals surface area (Å²) in [4.78, 5) is 18.8. The maximum atomic E-state index is 11.5. The average molecular weight is 235 g/mol. The molecule has 1 fully saturated rings. The Morgan fingerprint density at radius 2 is 2.12 bits per heavy atom. The highest BCUT2D eigenvalue weighted by Gasteiger charge is 2.27. The second-order valence-electron chi connectivity index (χ2n) is 6.02. The summed E-state index contributed by atoms with van der Waals surface area (Å²) < 4.78 is 0. The zero-order valence-corrected chi connectivity index (χ0v) is 11.0. The smallest absolute Gasteiger partial charge is 0.252 e. The zero-order valence-electron chi connectivity index (χ0n) is 11.0. The minimum Gasteiger partial charge on any atom is -0.367 e. The molecule has 94 valence electrons. The predicted octanol–water partition coefficient (Wildman–Crippen LogP) is 2.49. The van der Waals surface area contributed by atoms with E-state index in [1.165, 1.54) is 6.07 Å². The van der Waals surface area contributed by atoms with E-state index in [0.29, 0.717) is 11.7 Å². The lowest BCUT2D eigenvalue weighted by Crippen LogP contribution is -2.31. The molecular weight excluding hydrogens is 214 g/mol. The standard InChI is InChI=1S/C13H21N3O/c1-8(13(2,3)4)14-10-7-11(17)16-12(15-10)9-5-6-9/h7-9H,5-6H2,1-4H3,(H2,14,15,16,17). The lowest BCUT2D eigenvalue weighted by atomic mass is 9.88. The normalized spacial score (nSPS) is 17.9. The minimum absolute atomic E-state index is 0.0643. The summed E-state index contributed by atoms with van der Waals surface area (Å²) in [5, 5.41) is 3.31. The molecule has 17 heavy (non-hydrogen) atoms. The molecule has 1 aromatic rings. The number of H-pyrrole nitrogens is 1. The van der Waals surface area contributed by atoms with Crippen molar-refractivity contribution in [3.8, 4) is 0 Å². The summed E-state index contributed by atoms with van der Waals surface area (Å²) in [6.45, 7) is 8.61. The fourth-order valence-electron chi connectivity index (χ4n) is 1.54. The maximum absolute atomic E-state index is 11.5. The van der Waals surface area contributed by atoms with E-state index in [9.17, 15) is 4.79 Å². The minimum atomic E-state index is -0.0643. The molecule has 0 aliphatic heterocycles. The summed E-state index contributed by atoms with van der Waals surface area (Å²) in [6.07, 6.45) is 2.28. The van der Waals surface area contributed by atoms with Crippen LogP contribution in [0.25, 0.3) is 0 Å². The van der Waals surface area contributed by atoms with Gasteiger partial charge in [0.1, 0.15) is 11.6 Å². The summed E-state index contributed by atoms with van der Waals surface area (Å²) in [7, 11) is 0. The van der Waals surface area contributed by atoms with Gasteiger partial charge in [-0.1, -0.05) is 20.8 Å². The van der Waals surface area contributed by atoms with Gasteiger partial charge in [-0.3, -0.25) is 4.79 Å². The first-order valence-corrected chi connectivity index (χ1v) is 6.24. The molecule has 1 aliphatic carbocycles. The Kier molecular flexibility index (Phi) is 2.98. The van der Waals surface area contributed by atoms with E-state index in [0.717, 1.165) is 18.7 Å². The average Bonchev–Trinajstić information content (AvgIpc) is 2.97. The molecule has 4 heteroatoms. The summed E-state index contributed by atoms with van der Waals surface area (Å²) >= 11 is 0. The molecule has 1 atom stereocenters. The Morgan fingerprint density at radius 1 is 1.47 bits per heavy atom. The van der Waals surface area contributed by atoms with Crippen molar-refractivity contribution in [2.24, 2.45) is 5.41 Å². The van der Waals surface area contributed by atoms with E-state index in [1.54, 1.807) is 0 Å². The van der Waals surface area contributed by atoms with Gasteiger partial charge in [0, 0.05) is 18.0 Å². The lowest BCUT2D eigenvalue weighted by molar-refractivity contribution is 0.358. The van der Waals surface area contributed by atoms with Gasteiger partial charge in [0.2, 0.25) is 0 Å². The van der Waals surface area contributed by atoms with Crippen LogP contribution in [0.15, 0.2) is 10.9 Å². The molecule has 0 bridgehead atoms. The van der Waals surface area contributed by atoms with E-state index in [1.807, 2.05) is 0 Å². The van der Waals surface area contributed by atoms with Crippen LogP contribution >= 0.6 is 0 Å². The predicted molar refractivity (Wildman–Crippen MR) is 69.4 cm³/mol. The maximum Gasteiger partial charge on any atom is 0.252 e. The van der Waals surface area contributed by atoms with E-state index >= 15 is 0 Å². The third-order valence-electron chi connectivity index (χ3n) is 3.39. The van der Waals surface area contributed by atoms with Crippen LogP contribution in [0.2, 0.25) is 0 Å². The van der Waals surface area contributed by atoms with Crippen molar-refractivity contribution < 1.29 is 0 Å². The Balaban J connectivity index is 2.18. The number of nitrogens with zero attached hydrogens (tertiary/aromatic N) is 1. The van der Waals surface area contributed by atoms with E-state index in [-0.39, 0.29) is 17.0 Å². The lowest BCUT2D eigenvalue weighted by Gasteiger charge is -2.28. The van der Waals surface area contributed by atoms with Crippen molar-refractivity contribution in [2.75, 3.05) is 5.32 Å². The molecule has 1 heterocycles. The molecule has 2 N–H and O–H groups in total. The van der Waals surface area contributed by atoms with Gasteiger partial charge in [-0.2, -0.15) is 0 Å². The first-order chi connectivity index (χ1) is 7.86. The van der Waals surface area contributed by atoms with Crippen LogP contribution in [0.3, 0.4) is 0 Å². The fourth-order valence-corrected chi connectivity index (χ4v) is 1.54. The molecule has 0 spiro atoms. The molecule has 0 saturated heterocycles. The molecule has 2 rings (SSSR count). The third-order valence-corrected chi connectivity index (χ3v) is 3.39. The quantitative estimate of drug-likeness (QED) is 0.846. The van der Waals surface area contributed by atoms with Crippen molar-refractivity contribution in [1.82, 2.24) is 9.97 Å². The molecular formula is C13H21N3O. The van der Waals surface area contributed by atoms with E-state index in [4.69, 9.17) is 0 Å². The highest BCUT2D eigenvalue weighted by Crippen LogP contribution is 2.37. The van der Waals surface area contributed by atoms with Crippen LogP contribution in [0.5, 0.6) is 0 Å². The van der Waals surface area contributed by atoms with Crippen molar-refractivity contribution in [2.45, 2.75) is 52.5 Å². The van der Waals surface area contributed by atoms with Crippen molar-refractivity contribution in [1.29, 1.82) is 0 Å². The van der Waals surface area contributed by atoms with Crippen LogP contribution in [0, 0.1) is 5.41 Å². The zero-order chi connectivity index (χ0) is 12.6. The topological polar surface area (TPSA) is 57.8 Å². The Bertz CT molecular complexity index is 454. The Labute approximate surface area is 102 Å². The van der Waals surface area contributed by atoms with Crippen LogP contribution in [-0.2, 0) is 0 Å². The SMILES string of the molecule is CC(Nc1cc(=O)[nH]c(C2CC2)n1)C(C)(C)C. The molecule has 0 amide bonds. The van der Waals surface area contributed by atoms with Crippen LogP contribution < -0.4 is 10.9 Å². The van der Waals surface area contributed by atoms with Gasteiger partial charge in [-0.15, -0.1) is 0 Å². The van der Waals surface area contributed by atoms with Gasteiger partial charge in [0.05, 0.1) is 0 Å². The van der Waals surface area contributed by atoms with Crippen molar-refractivity contribution >= 4 is 5.82 Å². The molecule has 0 radical (unpaired) electrons. The summed E-state index contributed by atoms with van der Waals surface area (Å²) in [5.74, 6) is 1.99. The first-order valence-electron chi connectivity index (χ1n) is 6.24. The van der Waals surface area contributed by atoms with Crippen molar-refractivity contribution in [3.05, 3.63) is 22.2 Å². The van der Waals surface area contributed by atoms with E-state index in [2.05, 4.69) is 43.0 Å². The first kappa shape index (κ1) is 12.1. The van der Waals surface area contributed by atoms with Gasteiger partial charge in [-0.25, -0.2) is 4.98 Å². The number of anilines is 1. The van der Waals surface area contributed by atoms with Crippen LogP contribution in [0.1, 0.15) is 52.3 Å². The van der Waals surface area contributed by atoms with Gasteiger partial charge in [0.15, 0.2) is 0 Å². The number of hydrogen-bond donors (Lipinski definition) is 2.